The van der Waals surface area contributed by atoms with Crippen LogP contribution >= 0.6 is 0 Å². The van der Waals surface area contributed by atoms with Crippen LogP contribution in [0.25, 0.3) is 0 Å². The lowest BCUT2D eigenvalue weighted by atomic mass is 10.4. The Kier molecular flexibility index (Phi) is 13.5. The van der Waals surface area contributed by atoms with Crippen LogP contribution in [-0.4, -0.2) is 67.8 Å². The van der Waals surface area contributed by atoms with Crippen molar-refractivity contribution in [3.63, 3.8) is 0 Å². The Morgan fingerprint density at radius 1 is 1.06 bits per heavy atom. The van der Waals surface area contributed by atoms with E-state index in [1.807, 2.05) is 13.8 Å². The van der Waals surface area contributed by atoms with Gasteiger partial charge in [-0.3, -0.25) is 0 Å². The lowest BCUT2D eigenvalue weighted by Gasteiger charge is -2.16. The molecule has 0 aliphatic rings. The Morgan fingerprint density at radius 2 is 1.72 bits per heavy atom. The first-order valence-electron chi connectivity index (χ1n) is 7.16. The van der Waals surface area contributed by atoms with Crippen molar-refractivity contribution in [2.24, 2.45) is 0 Å². The molecule has 0 N–H and O–H groups in total. The molecule has 18 heavy (non-hydrogen) atoms. The van der Waals surface area contributed by atoms with Gasteiger partial charge in [-0.1, -0.05) is 0 Å². The predicted octanol–water partition coefficient (Wildman–Crippen LogP) is 1.36. The standard InChI is InChI=1S/C13H31NO3Si/c1-5-16-13(17-6-2)12-18-11-10-15-9-7-8-14(3)4/h13H,5-12,18H2,1-4H3. The average Bonchev–Trinajstić information content (AvgIpc) is 2.32. The minimum absolute atomic E-state index is 0.0282. The van der Waals surface area contributed by atoms with Crippen LogP contribution in [0.2, 0.25) is 12.1 Å². The topological polar surface area (TPSA) is 30.9 Å². The monoisotopic (exact) mass is 277 g/mol. The fraction of sp³-hybridized carbons (Fsp3) is 1.00. The minimum atomic E-state index is -0.112. The third-order valence-corrected chi connectivity index (χ3v) is 4.25. The first-order chi connectivity index (χ1) is 8.70. The zero-order chi connectivity index (χ0) is 13.6. The van der Waals surface area contributed by atoms with Gasteiger partial charge in [-0.05, 0) is 53.0 Å². The van der Waals surface area contributed by atoms with Gasteiger partial charge < -0.3 is 19.1 Å². The smallest absolute Gasteiger partial charge is 0.154 e. The maximum Gasteiger partial charge on any atom is 0.154 e. The van der Waals surface area contributed by atoms with Gasteiger partial charge in [0, 0.05) is 35.9 Å². The summed E-state index contributed by atoms with van der Waals surface area (Å²) in [6.07, 6.45) is 1.15. The van der Waals surface area contributed by atoms with E-state index < -0.39 is 0 Å². The molecule has 0 radical (unpaired) electrons. The molecule has 0 aliphatic carbocycles. The average molecular weight is 277 g/mol. The van der Waals surface area contributed by atoms with E-state index in [1.165, 1.54) is 6.04 Å². The molecule has 0 aliphatic heterocycles. The molecule has 0 saturated heterocycles. The summed E-state index contributed by atoms with van der Waals surface area (Å²) in [4.78, 5) is 2.19. The fourth-order valence-electron chi connectivity index (χ4n) is 1.69. The fourth-order valence-corrected chi connectivity index (χ4v) is 3.05. The highest BCUT2D eigenvalue weighted by molar-refractivity contribution is 6.35. The molecule has 0 heterocycles. The van der Waals surface area contributed by atoms with Gasteiger partial charge >= 0.3 is 0 Å². The van der Waals surface area contributed by atoms with Crippen LogP contribution < -0.4 is 0 Å². The van der Waals surface area contributed by atoms with E-state index in [1.54, 1.807) is 0 Å². The van der Waals surface area contributed by atoms with E-state index in [4.69, 9.17) is 14.2 Å². The summed E-state index contributed by atoms with van der Waals surface area (Å²) in [7, 11) is 4.07. The minimum Gasteiger partial charge on any atom is -0.382 e. The van der Waals surface area contributed by atoms with Crippen LogP contribution in [0.3, 0.4) is 0 Å². The summed E-state index contributed by atoms with van der Waals surface area (Å²) < 4.78 is 16.7. The van der Waals surface area contributed by atoms with Gasteiger partial charge in [-0.15, -0.1) is 0 Å². The lowest BCUT2D eigenvalue weighted by molar-refractivity contribution is -0.123. The number of ether oxygens (including phenoxy) is 3. The molecule has 110 valence electrons. The summed E-state index contributed by atoms with van der Waals surface area (Å²) in [5.74, 6) is 0. The first-order valence-corrected chi connectivity index (χ1v) is 9.16. The molecule has 4 nitrogen and oxygen atoms in total. The highest BCUT2D eigenvalue weighted by atomic mass is 28.2. The van der Waals surface area contributed by atoms with Gasteiger partial charge in [0.25, 0.3) is 0 Å². The highest BCUT2D eigenvalue weighted by Gasteiger charge is 2.07. The van der Waals surface area contributed by atoms with Gasteiger partial charge in [0.05, 0.1) is 0 Å². The van der Waals surface area contributed by atoms with E-state index in [-0.39, 0.29) is 15.8 Å². The molecule has 0 aromatic rings. The Labute approximate surface area is 115 Å². The molecule has 0 bridgehead atoms. The normalized spacial score (nSPS) is 12.3. The van der Waals surface area contributed by atoms with E-state index in [0.717, 1.165) is 45.4 Å². The van der Waals surface area contributed by atoms with Gasteiger partial charge in [-0.2, -0.15) is 0 Å². The molecule has 0 amide bonds. The molecular weight excluding hydrogens is 246 g/mol. The van der Waals surface area contributed by atoms with Crippen molar-refractivity contribution in [1.82, 2.24) is 4.90 Å². The van der Waals surface area contributed by atoms with Crippen molar-refractivity contribution < 1.29 is 14.2 Å². The van der Waals surface area contributed by atoms with Gasteiger partial charge in [-0.25, -0.2) is 0 Å². The van der Waals surface area contributed by atoms with Crippen molar-refractivity contribution in [2.75, 3.05) is 47.1 Å². The molecule has 0 aromatic carbocycles. The van der Waals surface area contributed by atoms with Crippen molar-refractivity contribution in [3.8, 4) is 0 Å². The summed E-state index contributed by atoms with van der Waals surface area (Å²) >= 11 is 0. The van der Waals surface area contributed by atoms with Crippen molar-refractivity contribution in [3.05, 3.63) is 0 Å². The van der Waals surface area contributed by atoms with E-state index >= 15 is 0 Å². The van der Waals surface area contributed by atoms with Crippen LogP contribution in [0, 0.1) is 0 Å². The van der Waals surface area contributed by atoms with Gasteiger partial charge in [0.2, 0.25) is 0 Å². The largest absolute Gasteiger partial charge is 0.382 e. The molecule has 5 heteroatoms. The molecule has 0 saturated carbocycles. The second kappa shape index (κ2) is 13.5. The predicted molar refractivity (Wildman–Crippen MR) is 79.2 cm³/mol. The molecule has 0 spiro atoms. The molecule has 0 aromatic heterocycles. The number of rotatable bonds is 13. The second-order valence-corrected chi connectivity index (χ2v) is 6.60. The maximum atomic E-state index is 5.61. The van der Waals surface area contributed by atoms with E-state index in [2.05, 4.69) is 19.0 Å². The molecule has 0 fully saturated rings. The molecular formula is C13H31NO3Si. The third-order valence-electron chi connectivity index (χ3n) is 2.58. The van der Waals surface area contributed by atoms with Gasteiger partial charge in [0.15, 0.2) is 6.29 Å². The summed E-state index contributed by atoms with van der Waals surface area (Å²) in [6, 6.07) is 2.32. The Morgan fingerprint density at radius 3 is 2.28 bits per heavy atom. The van der Waals surface area contributed by atoms with Crippen LogP contribution in [-0.2, 0) is 14.2 Å². The maximum absolute atomic E-state index is 5.61. The lowest BCUT2D eigenvalue weighted by Crippen LogP contribution is -2.19. The van der Waals surface area contributed by atoms with Crippen molar-refractivity contribution in [2.45, 2.75) is 38.6 Å². The molecule has 0 atom stereocenters. The SMILES string of the molecule is CCOC(C[SiH2]CCOCCCN(C)C)OCC. The number of hydrogen-bond donors (Lipinski definition) is 0. The zero-order valence-electron chi connectivity index (χ0n) is 12.6. The quantitative estimate of drug-likeness (QED) is 0.289. The summed E-state index contributed by atoms with van der Waals surface area (Å²) in [5.41, 5.74) is 0. The van der Waals surface area contributed by atoms with Crippen LogP contribution in [0.5, 0.6) is 0 Å². The van der Waals surface area contributed by atoms with Crippen molar-refractivity contribution in [1.29, 1.82) is 0 Å². The Bertz CT molecular complexity index is 164. The van der Waals surface area contributed by atoms with Gasteiger partial charge in [0.1, 0.15) is 0 Å². The zero-order valence-corrected chi connectivity index (χ0v) is 14.0. The second-order valence-electron chi connectivity index (χ2n) is 4.61. The molecule has 0 rings (SSSR count). The van der Waals surface area contributed by atoms with Crippen LogP contribution in [0.1, 0.15) is 20.3 Å². The number of nitrogens with zero attached hydrogens (tertiary/aromatic N) is 1. The van der Waals surface area contributed by atoms with Crippen LogP contribution in [0.4, 0.5) is 0 Å². The van der Waals surface area contributed by atoms with E-state index in [0.29, 0.717) is 0 Å². The molecule has 0 unspecified atom stereocenters. The third kappa shape index (κ3) is 12.5. The Balaban J connectivity index is 3.26. The Hall–Kier alpha value is 0.0569. The number of hydrogen-bond acceptors (Lipinski definition) is 4. The van der Waals surface area contributed by atoms with Crippen molar-refractivity contribution >= 4 is 9.52 Å². The van der Waals surface area contributed by atoms with E-state index in [9.17, 15) is 0 Å². The van der Waals surface area contributed by atoms with Crippen LogP contribution in [0.15, 0.2) is 0 Å². The first kappa shape index (κ1) is 18.1. The summed E-state index contributed by atoms with van der Waals surface area (Å²) in [5, 5.41) is 0. The summed E-state index contributed by atoms with van der Waals surface area (Å²) in [6.45, 7) is 8.40. The highest BCUT2D eigenvalue weighted by Crippen LogP contribution is 2.02.